The molecule has 0 aliphatic heterocycles. The van der Waals surface area contributed by atoms with Crippen molar-refractivity contribution in [3.05, 3.63) is 29.8 Å². The second-order valence-electron chi connectivity index (χ2n) is 2.02. The quantitative estimate of drug-likeness (QED) is 0.558. The van der Waals surface area contributed by atoms with E-state index >= 15 is 0 Å². The third-order valence-electron chi connectivity index (χ3n) is 1.31. The van der Waals surface area contributed by atoms with Gasteiger partial charge in [-0.25, -0.2) is 4.98 Å². The number of nitrogens with zero attached hydrogens (tertiary/aromatic N) is 1. The van der Waals surface area contributed by atoms with E-state index in [4.69, 9.17) is 4.42 Å². The minimum absolute atomic E-state index is 0.664. The minimum Gasteiger partial charge on any atom is -0.443 e. The summed E-state index contributed by atoms with van der Waals surface area (Å²) in [7, 11) is 0. The van der Waals surface area contributed by atoms with Crippen LogP contribution in [0.1, 0.15) is 6.92 Å². The first-order valence-electron chi connectivity index (χ1n) is 2.97. The molecule has 1 aromatic rings. The lowest BCUT2D eigenvalue weighted by atomic mass is 10.3. The first-order valence-corrected chi connectivity index (χ1v) is 2.97. The molecule has 0 bridgehead atoms. The molecule has 0 saturated heterocycles. The Kier molecular flexibility index (Phi) is 1.71. The van der Waals surface area contributed by atoms with Crippen molar-refractivity contribution in [2.75, 3.05) is 0 Å². The van der Waals surface area contributed by atoms with E-state index in [1.54, 1.807) is 6.08 Å². The lowest BCUT2D eigenvalue weighted by Gasteiger charge is -1.81. The molecule has 10 heavy (non-hydrogen) atoms. The largest absolute Gasteiger partial charge is 0.443 e. The molecule has 0 aliphatic rings. The second kappa shape index (κ2) is 2.52. The highest BCUT2D eigenvalue weighted by atomic mass is 16.3. The predicted octanol–water partition coefficient (Wildman–Crippen LogP) is 0.442. The van der Waals surface area contributed by atoms with Gasteiger partial charge in [0.15, 0.2) is 11.8 Å². The second-order valence-corrected chi connectivity index (χ2v) is 2.02. The third kappa shape index (κ3) is 1.00. The summed E-state index contributed by atoms with van der Waals surface area (Å²) in [5.41, 5.74) is 1.68. The van der Waals surface area contributed by atoms with Crippen LogP contribution in [0.2, 0.25) is 0 Å². The molecule has 1 rings (SSSR count). The van der Waals surface area contributed by atoms with E-state index in [2.05, 4.69) is 18.1 Å². The minimum atomic E-state index is 0.664. The van der Waals surface area contributed by atoms with Crippen molar-refractivity contribution in [2.24, 2.45) is 0 Å². The van der Waals surface area contributed by atoms with Gasteiger partial charge >= 0.3 is 0 Å². The van der Waals surface area contributed by atoms with E-state index in [1.807, 2.05) is 6.92 Å². The van der Waals surface area contributed by atoms with Crippen LogP contribution in [0, 0.1) is 0 Å². The molecule has 2 nitrogen and oxygen atoms in total. The fourth-order valence-electron chi connectivity index (χ4n) is 0.683. The van der Waals surface area contributed by atoms with Gasteiger partial charge in [-0.1, -0.05) is 19.2 Å². The molecular formula is C8H9NO. The summed E-state index contributed by atoms with van der Waals surface area (Å²) >= 11 is 0. The highest BCUT2D eigenvalue weighted by Crippen LogP contribution is 1.86. The van der Waals surface area contributed by atoms with Gasteiger partial charge in [-0.05, 0) is 12.5 Å². The molecule has 0 saturated carbocycles. The fraction of sp³-hybridized carbons (Fsp3) is 0.125. The van der Waals surface area contributed by atoms with Gasteiger partial charge in [0.05, 0.1) is 0 Å². The maximum absolute atomic E-state index is 5.04. The lowest BCUT2D eigenvalue weighted by molar-refractivity contribution is 0.522. The highest BCUT2D eigenvalue weighted by molar-refractivity contribution is 5.50. The summed E-state index contributed by atoms with van der Waals surface area (Å²) in [6, 6.07) is 0. The summed E-state index contributed by atoms with van der Waals surface area (Å²) in [5, 5.41) is 0.664. The summed E-state index contributed by atoms with van der Waals surface area (Å²) < 4.78 is 5.04. The Bertz CT molecular complexity index is 334. The van der Waals surface area contributed by atoms with E-state index < -0.39 is 0 Å². The van der Waals surface area contributed by atoms with Gasteiger partial charge in [-0.3, -0.25) is 0 Å². The number of rotatable bonds is 1. The van der Waals surface area contributed by atoms with Crippen LogP contribution in [0.5, 0.6) is 0 Å². The molecule has 0 spiro atoms. The maximum atomic E-state index is 5.04. The summed E-state index contributed by atoms with van der Waals surface area (Å²) in [6.07, 6.45) is 3.10. The molecule has 1 heterocycles. The van der Waals surface area contributed by atoms with E-state index in [1.165, 1.54) is 6.39 Å². The van der Waals surface area contributed by atoms with Gasteiger partial charge in [0.25, 0.3) is 0 Å². The molecule has 1 aromatic heterocycles. The summed E-state index contributed by atoms with van der Waals surface area (Å²) in [6.45, 7) is 9.19. The summed E-state index contributed by atoms with van der Waals surface area (Å²) in [4.78, 5) is 3.84. The Hall–Kier alpha value is -1.31. The van der Waals surface area contributed by atoms with Crippen LogP contribution >= 0.6 is 0 Å². The van der Waals surface area contributed by atoms with Crippen molar-refractivity contribution in [1.82, 2.24) is 4.98 Å². The average Bonchev–Trinajstić information content (AvgIpc) is 2.34. The van der Waals surface area contributed by atoms with Crippen molar-refractivity contribution >= 4 is 12.2 Å². The predicted molar refractivity (Wildman–Crippen MR) is 40.6 cm³/mol. The molecule has 0 N–H and O–H groups in total. The van der Waals surface area contributed by atoms with Gasteiger partial charge in [0.2, 0.25) is 0 Å². The van der Waals surface area contributed by atoms with E-state index in [-0.39, 0.29) is 0 Å². The number of hydrogen-bond donors (Lipinski definition) is 0. The zero-order valence-electron chi connectivity index (χ0n) is 5.92. The molecule has 0 atom stereocenters. The Labute approximate surface area is 59.2 Å². The summed E-state index contributed by atoms with van der Waals surface area (Å²) in [5.74, 6) is 0. The Morgan fingerprint density at radius 2 is 2.50 bits per heavy atom. The van der Waals surface area contributed by atoms with Crippen molar-refractivity contribution in [3.63, 3.8) is 0 Å². The van der Waals surface area contributed by atoms with Crippen molar-refractivity contribution in [1.29, 1.82) is 0 Å². The number of allylic oxidation sites excluding steroid dienone is 1. The topological polar surface area (TPSA) is 26.0 Å². The normalized spacial score (nSPS) is 12.9. The SMILES string of the molecule is C=C/C(C)=c1/ocnc1=C. The van der Waals surface area contributed by atoms with Gasteiger partial charge in [-0.2, -0.15) is 0 Å². The van der Waals surface area contributed by atoms with Crippen LogP contribution in [0.3, 0.4) is 0 Å². The van der Waals surface area contributed by atoms with E-state index in [0.717, 1.165) is 11.0 Å². The van der Waals surface area contributed by atoms with Crippen molar-refractivity contribution in [2.45, 2.75) is 6.92 Å². The number of oxazole rings is 1. The fourth-order valence-corrected chi connectivity index (χ4v) is 0.683. The molecule has 0 fully saturated rings. The van der Waals surface area contributed by atoms with E-state index in [0.29, 0.717) is 5.35 Å². The van der Waals surface area contributed by atoms with Crippen LogP contribution in [0.25, 0.3) is 12.2 Å². The molecule has 2 heteroatoms. The van der Waals surface area contributed by atoms with Gasteiger partial charge in [0, 0.05) is 0 Å². The average molecular weight is 135 g/mol. The molecular weight excluding hydrogens is 126 g/mol. The van der Waals surface area contributed by atoms with Crippen LogP contribution in [0.15, 0.2) is 23.5 Å². The van der Waals surface area contributed by atoms with Crippen molar-refractivity contribution in [3.8, 4) is 0 Å². The molecule has 0 unspecified atom stereocenters. The maximum Gasteiger partial charge on any atom is 0.181 e. The van der Waals surface area contributed by atoms with Crippen LogP contribution in [0.4, 0.5) is 0 Å². The molecule has 0 amide bonds. The number of aromatic nitrogens is 1. The van der Waals surface area contributed by atoms with Crippen molar-refractivity contribution < 1.29 is 4.42 Å². The zero-order chi connectivity index (χ0) is 7.56. The smallest absolute Gasteiger partial charge is 0.181 e. The lowest BCUT2D eigenvalue weighted by Crippen LogP contribution is -2.21. The van der Waals surface area contributed by atoms with E-state index in [9.17, 15) is 0 Å². The molecule has 0 aliphatic carbocycles. The number of hydrogen-bond acceptors (Lipinski definition) is 2. The first kappa shape index (κ1) is 6.81. The van der Waals surface area contributed by atoms with Gasteiger partial charge in [0.1, 0.15) is 5.35 Å². The van der Waals surface area contributed by atoms with Crippen LogP contribution in [-0.4, -0.2) is 4.98 Å². The zero-order valence-corrected chi connectivity index (χ0v) is 5.92. The standard InChI is InChI=1S/C8H9NO/c1-4-6(2)8-7(3)9-5-10-8/h4-5H,1,3H2,2H3/b8-6+. The Morgan fingerprint density at radius 1 is 1.80 bits per heavy atom. The molecule has 0 aromatic carbocycles. The van der Waals surface area contributed by atoms with Gasteiger partial charge in [-0.15, -0.1) is 0 Å². The Morgan fingerprint density at radius 3 is 2.90 bits per heavy atom. The molecule has 52 valence electrons. The van der Waals surface area contributed by atoms with Gasteiger partial charge < -0.3 is 4.42 Å². The van der Waals surface area contributed by atoms with Crippen LogP contribution < -0.4 is 10.8 Å². The highest BCUT2D eigenvalue weighted by Gasteiger charge is 1.89. The first-order chi connectivity index (χ1) is 4.75. The third-order valence-corrected chi connectivity index (χ3v) is 1.31. The monoisotopic (exact) mass is 135 g/mol. The van der Waals surface area contributed by atoms with Crippen LogP contribution in [-0.2, 0) is 0 Å². The Balaban J connectivity index is 3.55. The molecule has 0 radical (unpaired) electrons.